The fraction of sp³-hybridized carbons (Fsp3) is 0.667. The maximum atomic E-state index is 11.4. The Kier molecular flexibility index (Phi) is 6.86. The number of carbonyl (C=O) groups excluding carboxylic acids is 3. The van der Waals surface area contributed by atoms with Crippen molar-refractivity contribution >= 4 is 17.7 Å². The van der Waals surface area contributed by atoms with Crippen LogP contribution >= 0.6 is 0 Å². The van der Waals surface area contributed by atoms with Crippen LogP contribution in [0.2, 0.25) is 0 Å². The van der Waals surface area contributed by atoms with E-state index in [1.807, 2.05) is 0 Å². The second-order valence-electron chi connectivity index (χ2n) is 3.28. The lowest BCUT2D eigenvalue weighted by molar-refractivity contribution is -0.129. The molecule has 0 bridgehead atoms. The number of hydrogen-bond donors (Lipinski definition) is 4. The van der Waals surface area contributed by atoms with E-state index in [0.717, 1.165) is 0 Å². The maximum Gasteiger partial charge on any atom is 0.242 e. The van der Waals surface area contributed by atoms with E-state index >= 15 is 0 Å². The van der Waals surface area contributed by atoms with Crippen LogP contribution < -0.4 is 22.1 Å². The number of carbonyl (C=O) groups is 3. The smallest absolute Gasteiger partial charge is 0.242 e. The molecule has 92 valence electrons. The van der Waals surface area contributed by atoms with Crippen molar-refractivity contribution in [2.24, 2.45) is 11.5 Å². The summed E-state index contributed by atoms with van der Waals surface area (Å²) in [5.41, 5.74) is 10.2. The Morgan fingerprint density at radius 1 is 1.25 bits per heavy atom. The van der Waals surface area contributed by atoms with Gasteiger partial charge in [0, 0.05) is 26.4 Å². The largest absolute Gasteiger partial charge is 0.370 e. The van der Waals surface area contributed by atoms with Crippen molar-refractivity contribution in [1.29, 1.82) is 0 Å². The molecular weight excluding hydrogens is 212 g/mol. The lowest BCUT2D eigenvalue weighted by Gasteiger charge is -2.16. The van der Waals surface area contributed by atoms with Gasteiger partial charge in [-0.05, 0) is 6.42 Å². The van der Waals surface area contributed by atoms with Crippen molar-refractivity contribution < 1.29 is 14.4 Å². The molecular formula is C9H18N4O3. The van der Waals surface area contributed by atoms with E-state index in [-0.39, 0.29) is 37.6 Å². The third-order valence-corrected chi connectivity index (χ3v) is 1.95. The van der Waals surface area contributed by atoms with Crippen LogP contribution in [-0.4, -0.2) is 37.4 Å². The SMILES string of the molecule is CNC(=O)C(CCC(N)=O)NC(=O)CCN. The van der Waals surface area contributed by atoms with Crippen LogP contribution in [0.5, 0.6) is 0 Å². The van der Waals surface area contributed by atoms with Gasteiger partial charge in [0.05, 0.1) is 0 Å². The van der Waals surface area contributed by atoms with Crippen LogP contribution in [0.25, 0.3) is 0 Å². The number of amides is 3. The summed E-state index contributed by atoms with van der Waals surface area (Å²) < 4.78 is 0. The van der Waals surface area contributed by atoms with E-state index in [4.69, 9.17) is 11.5 Å². The molecule has 0 rings (SSSR count). The second kappa shape index (κ2) is 7.63. The molecule has 0 aliphatic rings. The zero-order valence-corrected chi connectivity index (χ0v) is 9.29. The molecule has 7 heteroatoms. The van der Waals surface area contributed by atoms with Crippen LogP contribution in [0.4, 0.5) is 0 Å². The molecule has 0 spiro atoms. The first-order chi connectivity index (χ1) is 7.51. The van der Waals surface area contributed by atoms with Crippen LogP contribution in [0.3, 0.4) is 0 Å². The molecule has 0 aliphatic carbocycles. The Bertz CT molecular complexity index is 267. The zero-order valence-electron chi connectivity index (χ0n) is 9.29. The van der Waals surface area contributed by atoms with Crippen molar-refractivity contribution in [2.75, 3.05) is 13.6 Å². The molecule has 0 heterocycles. The minimum Gasteiger partial charge on any atom is -0.370 e. The lowest BCUT2D eigenvalue weighted by atomic mass is 10.1. The summed E-state index contributed by atoms with van der Waals surface area (Å²) in [5, 5.41) is 4.88. The average Bonchev–Trinajstić information content (AvgIpc) is 2.23. The van der Waals surface area contributed by atoms with Gasteiger partial charge in [-0.15, -0.1) is 0 Å². The number of hydrogen-bond acceptors (Lipinski definition) is 4. The maximum absolute atomic E-state index is 11.4. The number of nitrogens with one attached hydrogen (secondary N) is 2. The highest BCUT2D eigenvalue weighted by Crippen LogP contribution is 1.97. The van der Waals surface area contributed by atoms with Gasteiger partial charge in [0.1, 0.15) is 6.04 Å². The summed E-state index contributed by atoms with van der Waals surface area (Å²) in [6.07, 6.45) is 0.371. The van der Waals surface area contributed by atoms with E-state index in [0.29, 0.717) is 0 Å². The average molecular weight is 230 g/mol. The Labute approximate surface area is 93.9 Å². The Morgan fingerprint density at radius 3 is 2.31 bits per heavy atom. The highest BCUT2D eigenvalue weighted by atomic mass is 16.2. The van der Waals surface area contributed by atoms with E-state index in [2.05, 4.69) is 10.6 Å². The number of nitrogens with two attached hydrogens (primary N) is 2. The molecule has 0 fully saturated rings. The van der Waals surface area contributed by atoms with E-state index < -0.39 is 11.9 Å². The highest BCUT2D eigenvalue weighted by Gasteiger charge is 2.19. The minimum atomic E-state index is -0.739. The summed E-state index contributed by atoms with van der Waals surface area (Å²) in [5.74, 6) is -1.19. The third kappa shape index (κ3) is 5.97. The molecule has 7 nitrogen and oxygen atoms in total. The van der Waals surface area contributed by atoms with Gasteiger partial charge in [0.2, 0.25) is 17.7 Å². The van der Waals surface area contributed by atoms with Crippen molar-refractivity contribution in [3.05, 3.63) is 0 Å². The quantitative estimate of drug-likeness (QED) is 0.397. The molecule has 0 saturated carbocycles. The molecule has 0 saturated heterocycles. The Morgan fingerprint density at radius 2 is 1.88 bits per heavy atom. The van der Waals surface area contributed by atoms with Crippen molar-refractivity contribution in [3.63, 3.8) is 0 Å². The van der Waals surface area contributed by atoms with Gasteiger partial charge < -0.3 is 22.1 Å². The van der Waals surface area contributed by atoms with Crippen LogP contribution in [0.1, 0.15) is 19.3 Å². The molecule has 6 N–H and O–H groups in total. The summed E-state index contributed by atoms with van der Waals surface area (Å²) in [6.45, 7) is 0.210. The predicted octanol–water partition coefficient (Wildman–Crippen LogP) is -2.17. The van der Waals surface area contributed by atoms with Gasteiger partial charge in [0.15, 0.2) is 0 Å². The van der Waals surface area contributed by atoms with Gasteiger partial charge in [0.25, 0.3) is 0 Å². The van der Waals surface area contributed by atoms with Gasteiger partial charge >= 0.3 is 0 Å². The topological polar surface area (TPSA) is 127 Å². The standard InChI is InChI=1S/C9H18N4O3/c1-12-9(16)6(2-3-7(11)14)13-8(15)4-5-10/h6H,2-5,10H2,1H3,(H2,11,14)(H,12,16)(H,13,15). The van der Waals surface area contributed by atoms with Gasteiger partial charge in [-0.25, -0.2) is 0 Å². The molecule has 0 aromatic rings. The van der Waals surface area contributed by atoms with Gasteiger partial charge in [-0.3, -0.25) is 14.4 Å². The Hall–Kier alpha value is -1.63. The van der Waals surface area contributed by atoms with Crippen molar-refractivity contribution in [1.82, 2.24) is 10.6 Å². The summed E-state index contributed by atoms with van der Waals surface area (Å²) in [7, 11) is 1.45. The number of likely N-dealkylation sites (N-methyl/N-ethyl adjacent to an activating group) is 1. The van der Waals surface area contributed by atoms with Gasteiger partial charge in [-0.1, -0.05) is 0 Å². The highest BCUT2D eigenvalue weighted by molar-refractivity contribution is 5.88. The minimum absolute atomic E-state index is 0.0427. The fourth-order valence-corrected chi connectivity index (χ4v) is 1.13. The lowest BCUT2D eigenvalue weighted by Crippen LogP contribution is -2.46. The second-order valence-corrected chi connectivity index (χ2v) is 3.28. The first-order valence-corrected chi connectivity index (χ1v) is 5.00. The fourth-order valence-electron chi connectivity index (χ4n) is 1.13. The molecule has 0 aromatic heterocycles. The monoisotopic (exact) mass is 230 g/mol. The zero-order chi connectivity index (χ0) is 12.6. The molecule has 1 unspecified atom stereocenters. The summed E-state index contributed by atoms with van der Waals surface area (Å²) in [4.78, 5) is 33.2. The third-order valence-electron chi connectivity index (χ3n) is 1.95. The molecule has 0 aromatic carbocycles. The van der Waals surface area contributed by atoms with Crippen molar-refractivity contribution in [3.8, 4) is 0 Å². The van der Waals surface area contributed by atoms with E-state index in [1.54, 1.807) is 0 Å². The number of primary amides is 1. The Balaban J connectivity index is 4.25. The normalized spacial score (nSPS) is 11.6. The van der Waals surface area contributed by atoms with E-state index in [1.165, 1.54) is 7.05 Å². The first-order valence-electron chi connectivity index (χ1n) is 5.00. The first kappa shape index (κ1) is 14.4. The van der Waals surface area contributed by atoms with Crippen molar-refractivity contribution in [2.45, 2.75) is 25.3 Å². The number of rotatable bonds is 7. The molecule has 3 amide bonds. The van der Waals surface area contributed by atoms with Crippen LogP contribution in [0, 0.1) is 0 Å². The van der Waals surface area contributed by atoms with Gasteiger partial charge in [-0.2, -0.15) is 0 Å². The molecule has 0 aliphatic heterocycles. The molecule has 16 heavy (non-hydrogen) atoms. The van der Waals surface area contributed by atoms with Crippen LogP contribution in [-0.2, 0) is 14.4 Å². The van der Waals surface area contributed by atoms with Crippen LogP contribution in [0.15, 0.2) is 0 Å². The predicted molar refractivity (Wildman–Crippen MR) is 58.1 cm³/mol. The molecule has 1 atom stereocenters. The molecule has 0 radical (unpaired) electrons. The summed E-state index contributed by atoms with van der Waals surface area (Å²) >= 11 is 0. The summed E-state index contributed by atoms with van der Waals surface area (Å²) in [6, 6.07) is -0.739. The van der Waals surface area contributed by atoms with E-state index in [9.17, 15) is 14.4 Å².